The largest absolute Gasteiger partial charge is 0.361 e. The number of nitrogens with zero attached hydrogens (tertiary/aromatic N) is 1. The van der Waals surface area contributed by atoms with Crippen LogP contribution < -0.4 is 5.32 Å². The Kier molecular flexibility index (Phi) is 3.44. The Morgan fingerprint density at radius 3 is 2.94 bits per heavy atom. The van der Waals surface area contributed by atoms with Crippen molar-refractivity contribution in [3.05, 3.63) is 46.8 Å². The first-order chi connectivity index (χ1) is 8.13. The van der Waals surface area contributed by atoms with E-state index in [2.05, 4.69) is 10.5 Å². The first-order valence-electron chi connectivity index (χ1n) is 5.11. The Morgan fingerprint density at radius 1 is 1.47 bits per heavy atom. The molecule has 0 aliphatic carbocycles. The van der Waals surface area contributed by atoms with Crippen molar-refractivity contribution in [2.45, 2.75) is 13.3 Å². The summed E-state index contributed by atoms with van der Waals surface area (Å²) in [6, 6.07) is 8.72. The van der Waals surface area contributed by atoms with Crippen molar-refractivity contribution < 1.29 is 9.32 Å². The van der Waals surface area contributed by atoms with Crippen LogP contribution in [0.15, 0.2) is 34.9 Å². The maximum atomic E-state index is 11.7. The first-order valence-corrected chi connectivity index (χ1v) is 5.49. The highest BCUT2D eigenvalue weighted by molar-refractivity contribution is 6.30. The molecule has 0 aliphatic heterocycles. The summed E-state index contributed by atoms with van der Waals surface area (Å²) in [6.07, 6.45) is 0.184. The van der Waals surface area contributed by atoms with Gasteiger partial charge in [0.1, 0.15) is 5.76 Å². The van der Waals surface area contributed by atoms with Crippen LogP contribution in [0.4, 0.5) is 5.69 Å². The highest BCUT2D eigenvalue weighted by atomic mass is 35.5. The van der Waals surface area contributed by atoms with Crippen LogP contribution in [0.5, 0.6) is 0 Å². The van der Waals surface area contributed by atoms with E-state index in [1.54, 1.807) is 37.3 Å². The summed E-state index contributed by atoms with van der Waals surface area (Å²) in [5, 5.41) is 7.07. The van der Waals surface area contributed by atoms with Crippen LogP contribution in [0.2, 0.25) is 5.02 Å². The summed E-state index contributed by atoms with van der Waals surface area (Å²) in [7, 11) is 0. The number of aryl methyl sites for hydroxylation is 1. The summed E-state index contributed by atoms with van der Waals surface area (Å²) in [6.45, 7) is 1.78. The highest BCUT2D eigenvalue weighted by Crippen LogP contribution is 2.15. The second-order valence-corrected chi connectivity index (χ2v) is 4.10. The summed E-state index contributed by atoms with van der Waals surface area (Å²) in [4.78, 5) is 11.7. The molecule has 2 aromatic rings. The number of hydrogen-bond acceptors (Lipinski definition) is 3. The van der Waals surface area contributed by atoms with Crippen LogP contribution in [0.1, 0.15) is 11.5 Å². The summed E-state index contributed by atoms with van der Waals surface area (Å²) < 4.78 is 4.88. The number of halogens is 1. The number of benzene rings is 1. The number of amides is 1. The van der Waals surface area contributed by atoms with Crippen molar-refractivity contribution in [1.82, 2.24) is 5.16 Å². The fraction of sp³-hybridized carbons (Fsp3) is 0.167. The molecule has 1 aromatic carbocycles. The molecule has 5 heteroatoms. The summed E-state index contributed by atoms with van der Waals surface area (Å²) >= 11 is 5.81. The second kappa shape index (κ2) is 5.01. The molecular weight excluding hydrogens is 240 g/mol. The molecule has 0 fully saturated rings. The van der Waals surface area contributed by atoms with Gasteiger partial charge in [0.25, 0.3) is 0 Å². The van der Waals surface area contributed by atoms with Crippen LogP contribution in [-0.2, 0) is 11.2 Å². The molecule has 4 nitrogen and oxygen atoms in total. The monoisotopic (exact) mass is 250 g/mol. The number of anilines is 1. The van der Waals surface area contributed by atoms with Gasteiger partial charge >= 0.3 is 0 Å². The van der Waals surface area contributed by atoms with Crippen molar-refractivity contribution in [1.29, 1.82) is 0 Å². The number of nitrogens with one attached hydrogen (secondary N) is 1. The fourth-order valence-electron chi connectivity index (χ4n) is 1.44. The van der Waals surface area contributed by atoms with Crippen LogP contribution in [0.25, 0.3) is 0 Å². The normalized spacial score (nSPS) is 10.2. The van der Waals surface area contributed by atoms with Crippen molar-refractivity contribution in [2.75, 3.05) is 5.32 Å². The third-order valence-electron chi connectivity index (χ3n) is 2.13. The summed E-state index contributed by atoms with van der Waals surface area (Å²) in [5.41, 5.74) is 1.28. The molecule has 0 radical (unpaired) electrons. The van der Waals surface area contributed by atoms with Gasteiger partial charge in [0, 0.05) is 16.8 Å². The molecule has 0 spiro atoms. The number of aromatic nitrogens is 1. The van der Waals surface area contributed by atoms with Gasteiger partial charge in [-0.15, -0.1) is 0 Å². The predicted molar refractivity (Wildman–Crippen MR) is 65.0 cm³/mol. The van der Waals surface area contributed by atoms with Crippen LogP contribution in [-0.4, -0.2) is 11.1 Å². The number of rotatable bonds is 3. The van der Waals surface area contributed by atoms with Gasteiger partial charge in [-0.2, -0.15) is 0 Å². The summed E-state index contributed by atoms with van der Waals surface area (Å²) in [5.74, 6) is 0.538. The van der Waals surface area contributed by atoms with E-state index >= 15 is 0 Å². The van der Waals surface area contributed by atoms with Crippen LogP contribution in [0.3, 0.4) is 0 Å². The van der Waals surface area contributed by atoms with Gasteiger partial charge < -0.3 is 9.84 Å². The Morgan fingerprint density at radius 2 is 2.29 bits per heavy atom. The van der Waals surface area contributed by atoms with Crippen LogP contribution >= 0.6 is 11.6 Å². The van der Waals surface area contributed by atoms with Gasteiger partial charge in [0.2, 0.25) is 5.91 Å². The van der Waals surface area contributed by atoms with Gasteiger partial charge in [0.05, 0.1) is 12.1 Å². The molecule has 2 rings (SSSR count). The molecule has 17 heavy (non-hydrogen) atoms. The van der Waals surface area contributed by atoms with Crippen molar-refractivity contribution >= 4 is 23.2 Å². The molecule has 0 aliphatic rings. The third-order valence-corrected chi connectivity index (χ3v) is 2.36. The average molecular weight is 251 g/mol. The minimum Gasteiger partial charge on any atom is -0.361 e. The molecule has 0 unspecified atom stereocenters. The van der Waals surface area contributed by atoms with Gasteiger partial charge in [-0.3, -0.25) is 4.79 Å². The lowest BCUT2D eigenvalue weighted by Gasteiger charge is -2.03. The van der Waals surface area contributed by atoms with Gasteiger partial charge in [-0.1, -0.05) is 22.8 Å². The minimum absolute atomic E-state index is 0.152. The maximum Gasteiger partial charge on any atom is 0.230 e. The predicted octanol–water partition coefficient (Wildman–Crippen LogP) is 2.82. The molecule has 0 saturated carbocycles. The Balaban J connectivity index is 1.98. The molecule has 1 heterocycles. The third kappa shape index (κ3) is 3.32. The van der Waals surface area contributed by atoms with Crippen molar-refractivity contribution in [3.8, 4) is 0 Å². The molecule has 1 N–H and O–H groups in total. The Bertz CT molecular complexity index is 537. The lowest BCUT2D eigenvalue weighted by atomic mass is 10.2. The molecular formula is C12H11ClN2O2. The molecule has 88 valence electrons. The minimum atomic E-state index is -0.152. The molecule has 0 saturated heterocycles. The van der Waals surface area contributed by atoms with E-state index in [0.717, 1.165) is 0 Å². The number of carbonyl (C=O) groups is 1. The molecule has 1 amide bonds. The highest BCUT2D eigenvalue weighted by Gasteiger charge is 2.07. The zero-order valence-corrected chi connectivity index (χ0v) is 9.99. The fourth-order valence-corrected chi connectivity index (χ4v) is 1.63. The standard InChI is InChI=1S/C12H11ClN2O2/c1-8-5-11(15-17-8)7-12(16)14-10-4-2-3-9(13)6-10/h2-6H,7H2,1H3,(H,14,16). The van der Waals surface area contributed by atoms with Gasteiger partial charge in [-0.05, 0) is 25.1 Å². The van der Waals surface area contributed by atoms with Crippen molar-refractivity contribution in [2.24, 2.45) is 0 Å². The van der Waals surface area contributed by atoms with E-state index in [9.17, 15) is 4.79 Å². The number of carbonyl (C=O) groups excluding carboxylic acids is 1. The number of hydrogen-bond donors (Lipinski definition) is 1. The van der Waals surface area contributed by atoms with Gasteiger partial charge in [0.15, 0.2) is 0 Å². The second-order valence-electron chi connectivity index (χ2n) is 3.66. The van der Waals surface area contributed by atoms with E-state index in [4.69, 9.17) is 16.1 Å². The maximum absolute atomic E-state index is 11.7. The van der Waals surface area contributed by atoms with Gasteiger partial charge in [-0.25, -0.2) is 0 Å². The van der Waals surface area contributed by atoms with Crippen LogP contribution in [0, 0.1) is 6.92 Å². The SMILES string of the molecule is Cc1cc(CC(=O)Nc2cccc(Cl)c2)no1. The Labute approximate surface area is 104 Å². The van der Waals surface area contributed by atoms with E-state index in [1.807, 2.05) is 0 Å². The topological polar surface area (TPSA) is 55.1 Å². The molecule has 0 atom stereocenters. The quantitative estimate of drug-likeness (QED) is 0.911. The zero-order chi connectivity index (χ0) is 12.3. The smallest absolute Gasteiger partial charge is 0.230 e. The molecule has 0 bridgehead atoms. The van der Waals surface area contributed by atoms with Crippen molar-refractivity contribution in [3.63, 3.8) is 0 Å². The first kappa shape index (κ1) is 11.7. The van der Waals surface area contributed by atoms with E-state index in [1.165, 1.54) is 0 Å². The molecule has 1 aromatic heterocycles. The lowest BCUT2D eigenvalue weighted by Crippen LogP contribution is -2.14. The lowest BCUT2D eigenvalue weighted by molar-refractivity contribution is -0.115. The van der Waals surface area contributed by atoms with E-state index in [0.29, 0.717) is 22.2 Å². The Hall–Kier alpha value is -1.81. The van der Waals surface area contributed by atoms with E-state index < -0.39 is 0 Å². The average Bonchev–Trinajstić information content (AvgIpc) is 2.63. The zero-order valence-electron chi connectivity index (χ0n) is 9.24. The van der Waals surface area contributed by atoms with E-state index in [-0.39, 0.29) is 12.3 Å².